The Kier molecular flexibility index (Phi) is 5.67. The highest BCUT2D eigenvalue weighted by Gasteiger charge is 2.37. The highest BCUT2D eigenvalue weighted by atomic mass is 35.5. The summed E-state index contributed by atoms with van der Waals surface area (Å²) in [4.78, 5) is 16.9. The molecule has 0 radical (unpaired) electrons. The molecule has 1 amide bonds. The van der Waals surface area contributed by atoms with Gasteiger partial charge in [-0.25, -0.2) is 0 Å². The van der Waals surface area contributed by atoms with E-state index in [0.717, 1.165) is 36.5 Å². The van der Waals surface area contributed by atoms with Gasteiger partial charge in [-0.1, -0.05) is 11.6 Å². The van der Waals surface area contributed by atoms with E-state index in [-0.39, 0.29) is 18.0 Å². The van der Waals surface area contributed by atoms with Crippen LogP contribution >= 0.6 is 11.6 Å². The van der Waals surface area contributed by atoms with E-state index in [4.69, 9.17) is 22.1 Å². The van der Waals surface area contributed by atoms with Gasteiger partial charge in [0.25, 0.3) is 0 Å². The first-order chi connectivity index (χ1) is 12.0. The molecule has 1 saturated heterocycles. The number of carbonyl (C=O) groups is 1. The number of carbonyl (C=O) groups excluding carboxylic acids is 1. The molecule has 6 heteroatoms. The molecular weight excluding hydrogens is 338 g/mol. The number of fused-ring (bicyclic) bond motifs is 1. The van der Waals surface area contributed by atoms with Crippen LogP contribution in [0.3, 0.4) is 0 Å². The average molecular weight is 364 g/mol. The standard InChI is InChI=1S/C19H26ClN3O2/c1-3-22(4-2)19(24)17-9-16(21)11-23(17)10-13-7-14-8-15(20)5-6-18(14)25-12-13/h5-8,16-17H,3-4,9-12,21H2,1-2H3/t16-,17+/m1/s1. The van der Waals surface area contributed by atoms with Crippen LogP contribution in [0.2, 0.25) is 5.02 Å². The van der Waals surface area contributed by atoms with E-state index in [0.29, 0.717) is 24.6 Å². The summed E-state index contributed by atoms with van der Waals surface area (Å²) in [5.74, 6) is 1.03. The average Bonchev–Trinajstić information content (AvgIpc) is 2.95. The zero-order valence-electron chi connectivity index (χ0n) is 14.9. The minimum Gasteiger partial charge on any atom is -0.489 e. The quantitative estimate of drug-likeness (QED) is 0.872. The number of rotatable bonds is 5. The lowest BCUT2D eigenvalue weighted by molar-refractivity contribution is -0.135. The fraction of sp³-hybridized carbons (Fsp3) is 0.526. The number of hydrogen-bond acceptors (Lipinski definition) is 4. The van der Waals surface area contributed by atoms with E-state index in [1.807, 2.05) is 36.9 Å². The van der Waals surface area contributed by atoms with Gasteiger partial charge in [-0.15, -0.1) is 0 Å². The Morgan fingerprint density at radius 1 is 1.40 bits per heavy atom. The summed E-state index contributed by atoms with van der Waals surface area (Å²) in [5.41, 5.74) is 8.29. The largest absolute Gasteiger partial charge is 0.489 e. The van der Waals surface area contributed by atoms with Gasteiger partial charge in [0, 0.05) is 42.8 Å². The van der Waals surface area contributed by atoms with Gasteiger partial charge in [0.05, 0.1) is 6.04 Å². The Hall–Kier alpha value is -1.56. The second kappa shape index (κ2) is 7.77. The summed E-state index contributed by atoms with van der Waals surface area (Å²) in [5, 5.41) is 0.692. The second-order valence-corrected chi connectivity index (χ2v) is 7.16. The molecule has 2 N–H and O–H groups in total. The van der Waals surface area contributed by atoms with Crippen molar-refractivity contribution >= 4 is 23.6 Å². The van der Waals surface area contributed by atoms with Gasteiger partial charge in [0.2, 0.25) is 5.91 Å². The molecule has 5 nitrogen and oxygen atoms in total. The Bertz CT molecular complexity index is 673. The Morgan fingerprint density at radius 2 is 2.16 bits per heavy atom. The predicted octanol–water partition coefficient (Wildman–Crippen LogP) is 2.39. The summed E-state index contributed by atoms with van der Waals surface area (Å²) in [6, 6.07) is 5.53. The van der Waals surface area contributed by atoms with E-state index >= 15 is 0 Å². The minimum atomic E-state index is -0.142. The molecule has 0 unspecified atom stereocenters. The van der Waals surface area contributed by atoms with Gasteiger partial charge in [-0.2, -0.15) is 0 Å². The van der Waals surface area contributed by atoms with E-state index in [9.17, 15) is 4.79 Å². The molecule has 0 aromatic heterocycles. The first kappa shape index (κ1) is 18.2. The summed E-state index contributed by atoms with van der Waals surface area (Å²) >= 11 is 6.08. The summed E-state index contributed by atoms with van der Waals surface area (Å²) in [6.07, 6.45) is 2.83. The molecule has 2 aliphatic rings. The van der Waals surface area contributed by atoms with Crippen molar-refractivity contribution in [2.24, 2.45) is 5.73 Å². The lowest BCUT2D eigenvalue weighted by atomic mass is 10.1. The van der Waals surface area contributed by atoms with Gasteiger partial charge in [-0.05, 0) is 50.1 Å². The van der Waals surface area contributed by atoms with Crippen molar-refractivity contribution in [1.82, 2.24) is 9.80 Å². The molecule has 0 bridgehead atoms. The summed E-state index contributed by atoms with van der Waals surface area (Å²) < 4.78 is 5.83. The number of nitrogens with two attached hydrogens (primary N) is 1. The third kappa shape index (κ3) is 4.00. The molecule has 0 saturated carbocycles. The molecule has 1 aromatic rings. The van der Waals surface area contributed by atoms with Gasteiger partial charge < -0.3 is 15.4 Å². The molecule has 2 aliphatic heterocycles. The van der Waals surface area contributed by atoms with Crippen LogP contribution in [-0.4, -0.2) is 60.6 Å². The number of likely N-dealkylation sites (N-methyl/N-ethyl adjacent to an activating group) is 1. The molecule has 25 heavy (non-hydrogen) atoms. The highest BCUT2D eigenvalue weighted by Crippen LogP contribution is 2.30. The fourth-order valence-corrected chi connectivity index (χ4v) is 3.84. The number of hydrogen-bond donors (Lipinski definition) is 1. The maximum atomic E-state index is 12.8. The van der Waals surface area contributed by atoms with Crippen LogP contribution in [0.1, 0.15) is 25.8 Å². The lowest BCUT2D eigenvalue weighted by Crippen LogP contribution is -2.46. The van der Waals surface area contributed by atoms with Crippen LogP contribution in [0.15, 0.2) is 23.8 Å². The smallest absolute Gasteiger partial charge is 0.239 e. The van der Waals surface area contributed by atoms with Crippen LogP contribution in [0.4, 0.5) is 0 Å². The van der Waals surface area contributed by atoms with Crippen LogP contribution in [0.25, 0.3) is 6.08 Å². The van der Waals surface area contributed by atoms with Crippen molar-refractivity contribution in [3.8, 4) is 5.75 Å². The van der Waals surface area contributed by atoms with Crippen LogP contribution in [-0.2, 0) is 4.79 Å². The number of likely N-dealkylation sites (tertiary alicyclic amines) is 1. The van der Waals surface area contributed by atoms with Crippen LogP contribution in [0, 0.1) is 0 Å². The third-order valence-electron chi connectivity index (χ3n) is 4.95. The number of ether oxygens (including phenoxy) is 1. The highest BCUT2D eigenvalue weighted by molar-refractivity contribution is 6.30. The van der Waals surface area contributed by atoms with Crippen molar-refractivity contribution in [2.45, 2.75) is 32.4 Å². The van der Waals surface area contributed by atoms with Gasteiger partial charge in [0.15, 0.2) is 0 Å². The predicted molar refractivity (Wildman–Crippen MR) is 101 cm³/mol. The maximum absolute atomic E-state index is 12.8. The first-order valence-corrected chi connectivity index (χ1v) is 9.29. The molecule has 0 aliphatic carbocycles. The lowest BCUT2D eigenvalue weighted by Gasteiger charge is -2.30. The Balaban J connectivity index is 1.75. The molecule has 2 heterocycles. The SMILES string of the molecule is CCN(CC)C(=O)[C@@H]1C[C@@H](N)CN1CC1=Cc2cc(Cl)ccc2OC1. The van der Waals surface area contributed by atoms with Gasteiger partial charge in [0.1, 0.15) is 12.4 Å². The van der Waals surface area contributed by atoms with Gasteiger partial charge >= 0.3 is 0 Å². The Labute approximate surface area is 154 Å². The normalized spacial score (nSPS) is 23.0. The van der Waals surface area contributed by atoms with E-state index in [1.54, 1.807) is 0 Å². The van der Waals surface area contributed by atoms with E-state index in [1.165, 1.54) is 0 Å². The number of amides is 1. The first-order valence-electron chi connectivity index (χ1n) is 8.92. The summed E-state index contributed by atoms with van der Waals surface area (Å²) in [7, 11) is 0. The molecule has 1 aromatic carbocycles. The fourth-order valence-electron chi connectivity index (χ4n) is 3.66. The molecule has 2 atom stereocenters. The van der Waals surface area contributed by atoms with Crippen molar-refractivity contribution < 1.29 is 9.53 Å². The number of benzene rings is 1. The zero-order chi connectivity index (χ0) is 18.0. The second-order valence-electron chi connectivity index (χ2n) is 6.72. The molecule has 136 valence electrons. The minimum absolute atomic E-state index is 0.0383. The van der Waals surface area contributed by atoms with Crippen molar-refractivity contribution in [2.75, 3.05) is 32.8 Å². The topological polar surface area (TPSA) is 58.8 Å². The number of nitrogens with zero attached hydrogens (tertiary/aromatic N) is 2. The third-order valence-corrected chi connectivity index (χ3v) is 5.18. The van der Waals surface area contributed by atoms with E-state index < -0.39 is 0 Å². The van der Waals surface area contributed by atoms with Crippen molar-refractivity contribution in [3.05, 3.63) is 34.4 Å². The van der Waals surface area contributed by atoms with Crippen LogP contribution < -0.4 is 10.5 Å². The molecule has 1 fully saturated rings. The summed E-state index contributed by atoms with van der Waals surface area (Å²) in [6.45, 7) is 7.44. The van der Waals surface area contributed by atoms with Gasteiger partial charge in [-0.3, -0.25) is 9.69 Å². The van der Waals surface area contributed by atoms with Crippen molar-refractivity contribution in [3.63, 3.8) is 0 Å². The van der Waals surface area contributed by atoms with E-state index in [2.05, 4.69) is 11.0 Å². The zero-order valence-corrected chi connectivity index (χ0v) is 15.6. The maximum Gasteiger partial charge on any atom is 0.239 e. The number of halogens is 1. The van der Waals surface area contributed by atoms with Crippen molar-refractivity contribution in [1.29, 1.82) is 0 Å². The monoisotopic (exact) mass is 363 g/mol. The molecular formula is C19H26ClN3O2. The Morgan fingerprint density at radius 3 is 2.88 bits per heavy atom. The molecule has 3 rings (SSSR count). The molecule has 0 spiro atoms. The van der Waals surface area contributed by atoms with Crippen LogP contribution in [0.5, 0.6) is 5.75 Å².